The second-order valence-corrected chi connectivity index (χ2v) is 13.2. The van der Waals surface area contributed by atoms with Crippen LogP contribution in [0, 0.1) is 29.1 Å². The highest BCUT2D eigenvalue weighted by Gasteiger charge is 2.79. The van der Waals surface area contributed by atoms with E-state index in [1.807, 2.05) is 30.3 Å². The van der Waals surface area contributed by atoms with E-state index < -0.39 is 52.5 Å². The summed E-state index contributed by atoms with van der Waals surface area (Å²) >= 11 is 1.57. The Balaban J connectivity index is 1.16. The molecule has 47 heavy (non-hydrogen) atoms. The number of aliphatic hydroxyl groups is 2. The number of anilines is 1. The van der Waals surface area contributed by atoms with Crippen LogP contribution in [0.4, 0.5) is 10.5 Å². The molecule has 1 amide bonds. The second kappa shape index (κ2) is 11.7. The van der Waals surface area contributed by atoms with Crippen LogP contribution in [0.3, 0.4) is 0 Å². The third-order valence-corrected chi connectivity index (χ3v) is 10.5. The average molecular weight is 647 g/mol. The fourth-order valence-electron chi connectivity index (χ4n) is 7.31. The van der Waals surface area contributed by atoms with Crippen LogP contribution in [0.2, 0.25) is 0 Å². The number of thioether (sulfide) groups is 1. The van der Waals surface area contributed by atoms with Gasteiger partial charge < -0.3 is 30.7 Å². The summed E-state index contributed by atoms with van der Waals surface area (Å²) in [6.45, 7) is 1.90. The predicted octanol–water partition coefficient (Wildman–Crippen LogP) is 3.93. The minimum atomic E-state index is -1.24. The standard InChI is InChI=1S/C37H30N2O7S/c1-21(40)36-20-37(36)26-18-27(41)30-31(32(26)39-28(36)11-7-2-3-8-12-29(37)42)33(43)24-14-13-22(17-25(24)34(30)44)19-38-35(45)46-15-16-47-23-9-5-4-6-10-23/h2-6,9-10,13-14,17-18,21,28-29,39-42H,15-16,19-20H2,1H3,(H,38,45)/b3-2-/t21-,28+,29-,36-,37?/m1/s1. The van der Waals surface area contributed by atoms with Crippen LogP contribution < -0.4 is 10.6 Å². The van der Waals surface area contributed by atoms with Gasteiger partial charge in [0.1, 0.15) is 18.5 Å². The van der Waals surface area contributed by atoms with E-state index in [-0.39, 0.29) is 35.4 Å². The molecule has 1 unspecified atom stereocenters. The van der Waals surface area contributed by atoms with E-state index in [0.29, 0.717) is 29.0 Å². The number of allylic oxidation sites excluding steroid dienone is 2. The highest BCUT2D eigenvalue weighted by Crippen LogP contribution is 2.74. The maximum atomic E-state index is 14.1. The van der Waals surface area contributed by atoms with Gasteiger partial charge in [-0.15, -0.1) is 11.8 Å². The third-order valence-electron chi connectivity index (χ3n) is 9.57. The van der Waals surface area contributed by atoms with E-state index in [4.69, 9.17) is 4.74 Å². The van der Waals surface area contributed by atoms with Crippen LogP contribution in [0.25, 0.3) is 0 Å². The molecule has 5 N–H and O–H groups in total. The molecule has 0 aromatic heterocycles. The Labute approximate surface area is 275 Å². The minimum absolute atomic E-state index is 0.00893. The van der Waals surface area contributed by atoms with Crippen molar-refractivity contribution in [1.29, 1.82) is 0 Å². The van der Waals surface area contributed by atoms with Gasteiger partial charge in [0.05, 0.1) is 29.0 Å². The first-order valence-electron chi connectivity index (χ1n) is 15.2. The highest BCUT2D eigenvalue weighted by atomic mass is 32.2. The number of fused-ring (bicyclic) bond motifs is 4. The molecule has 2 bridgehead atoms. The van der Waals surface area contributed by atoms with E-state index in [1.54, 1.807) is 30.8 Å². The zero-order valence-electron chi connectivity index (χ0n) is 25.3. The van der Waals surface area contributed by atoms with Gasteiger partial charge >= 0.3 is 6.09 Å². The Morgan fingerprint density at radius 1 is 1.06 bits per heavy atom. The summed E-state index contributed by atoms with van der Waals surface area (Å²) in [5.41, 5.74) is -0.746. The van der Waals surface area contributed by atoms with Gasteiger partial charge in [-0.25, -0.2) is 4.79 Å². The molecule has 1 heterocycles. The van der Waals surface area contributed by atoms with E-state index in [0.717, 1.165) is 4.90 Å². The Bertz CT molecular complexity index is 2000. The van der Waals surface area contributed by atoms with Crippen LogP contribution in [0.1, 0.15) is 56.3 Å². The van der Waals surface area contributed by atoms with E-state index >= 15 is 0 Å². The van der Waals surface area contributed by atoms with Crippen LogP contribution in [-0.2, 0) is 16.7 Å². The van der Waals surface area contributed by atoms with Gasteiger partial charge in [0, 0.05) is 39.1 Å². The first-order valence-corrected chi connectivity index (χ1v) is 16.2. The van der Waals surface area contributed by atoms with Crippen molar-refractivity contribution in [2.45, 2.75) is 48.4 Å². The maximum absolute atomic E-state index is 14.1. The molecular weight excluding hydrogens is 616 g/mol. The van der Waals surface area contributed by atoms with Crippen molar-refractivity contribution >= 4 is 35.1 Å². The lowest BCUT2D eigenvalue weighted by molar-refractivity contribution is 0.0603. The molecule has 4 aliphatic rings. The van der Waals surface area contributed by atoms with Crippen molar-refractivity contribution in [3.63, 3.8) is 0 Å². The molecular formula is C37H30N2O7S. The molecule has 0 spiro atoms. The van der Waals surface area contributed by atoms with Crippen molar-refractivity contribution in [2.24, 2.45) is 5.41 Å². The normalized spacial score (nSPS) is 25.4. The summed E-state index contributed by atoms with van der Waals surface area (Å²) in [5.74, 6) is 10.8. The first kappa shape index (κ1) is 30.6. The summed E-state index contributed by atoms with van der Waals surface area (Å²) in [4.78, 5) is 41.4. The molecule has 3 aromatic carbocycles. The first-order chi connectivity index (χ1) is 22.7. The highest BCUT2D eigenvalue weighted by molar-refractivity contribution is 7.99. The number of nitrogens with one attached hydrogen (secondary N) is 2. The Kier molecular flexibility index (Phi) is 7.60. The number of rotatable bonds is 7. The number of amides is 1. The smallest absolute Gasteiger partial charge is 0.407 e. The lowest BCUT2D eigenvalue weighted by Gasteiger charge is -2.42. The van der Waals surface area contributed by atoms with Crippen LogP contribution in [0.15, 0.2) is 71.6 Å². The number of carbonyl (C=O) groups excluding carboxylic acids is 3. The lowest BCUT2D eigenvalue weighted by Crippen LogP contribution is -2.50. The number of ketones is 2. The SMILES string of the molecule is C[C@@H](O)[C@@]12CC13c1cc(O)c4c(c1N[C@H]2C#C/C=C\C#C[C@H]3O)C(=O)c1ccc(CNC(=O)OCCSc2ccccc2)cc1C4=O. The Morgan fingerprint density at radius 2 is 1.81 bits per heavy atom. The topological polar surface area (TPSA) is 145 Å². The van der Waals surface area contributed by atoms with Gasteiger partial charge in [-0.2, -0.15) is 0 Å². The number of hydrogen-bond acceptors (Lipinski definition) is 9. The quantitative estimate of drug-likeness (QED) is 0.0873. The molecule has 7 rings (SSSR count). The van der Waals surface area contributed by atoms with Crippen molar-refractivity contribution in [3.05, 3.63) is 100 Å². The van der Waals surface area contributed by atoms with Gasteiger partial charge in [0.2, 0.25) is 0 Å². The number of phenolic OH excluding ortho intramolecular Hbond substituents is 1. The van der Waals surface area contributed by atoms with Crippen LogP contribution in [-0.4, -0.2) is 63.6 Å². The zero-order valence-corrected chi connectivity index (χ0v) is 26.1. The monoisotopic (exact) mass is 646 g/mol. The molecule has 0 saturated heterocycles. The fraction of sp³-hybridized carbons (Fsp3) is 0.270. The number of ether oxygens (including phenoxy) is 1. The zero-order chi connectivity index (χ0) is 32.9. The Morgan fingerprint density at radius 3 is 2.57 bits per heavy atom. The molecule has 1 aliphatic heterocycles. The maximum Gasteiger partial charge on any atom is 0.407 e. The summed E-state index contributed by atoms with van der Waals surface area (Å²) in [6.07, 6.45) is 0.611. The molecule has 9 nitrogen and oxygen atoms in total. The van der Waals surface area contributed by atoms with Crippen molar-refractivity contribution in [2.75, 3.05) is 17.7 Å². The molecule has 1 fully saturated rings. The van der Waals surface area contributed by atoms with E-state index in [2.05, 4.69) is 34.3 Å². The summed E-state index contributed by atoms with van der Waals surface area (Å²) < 4.78 is 5.27. The number of benzene rings is 3. The number of aliphatic hydroxyl groups excluding tert-OH is 2. The minimum Gasteiger partial charge on any atom is -0.507 e. The van der Waals surface area contributed by atoms with E-state index in [9.17, 15) is 29.7 Å². The van der Waals surface area contributed by atoms with E-state index in [1.165, 1.54) is 24.3 Å². The molecule has 10 heteroatoms. The lowest BCUT2D eigenvalue weighted by atomic mass is 9.69. The van der Waals surface area contributed by atoms with Crippen molar-refractivity contribution < 1.29 is 34.4 Å². The molecule has 1 saturated carbocycles. The fourth-order valence-corrected chi connectivity index (χ4v) is 8.06. The van der Waals surface area contributed by atoms with Gasteiger partial charge in [-0.05, 0) is 67.0 Å². The number of aromatic hydroxyl groups is 1. The third kappa shape index (κ3) is 4.80. The van der Waals surface area contributed by atoms with Crippen LogP contribution in [0.5, 0.6) is 5.75 Å². The largest absolute Gasteiger partial charge is 0.507 e. The number of hydrogen-bond donors (Lipinski definition) is 5. The average Bonchev–Trinajstić information content (AvgIpc) is 3.80. The van der Waals surface area contributed by atoms with Crippen LogP contribution >= 0.6 is 11.8 Å². The number of carbonyl (C=O) groups is 3. The van der Waals surface area contributed by atoms with Gasteiger partial charge in [0.15, 0.2) is 11.6 Å². The summed E-state index contributed by atoms with van der Waals surface area (Å²) in [6, 6.07) is 15.2. The predicted molar refractivity (Wildman–Crippen MR) is 175 cm³/mol. The van der Waals surface area contributed by atoms with Gasteiger partial charge in [-0.1, -0.05) is 47.9 Å². The summed E-state index contributed by atoms with van der Waals surface area (Å²) in [5, 5.41) is 39.8. The molecule has 0 radical (unpaired) electrons. The van der Waals surface area contributed by atoms with Crippen molar-refractivity contribution in [1.82, 2.24) is 5.32 Å². The number of phenols is 1. The second-order valence-electron chi connectivity index (χ2n) is 12.0. The molecule has 3 aliphatic carbocycles. The van der Waals surface area contributed by atoms with Gasteiger partial charge in [-0.3, -0.25) is 9.59 Å². The number of alkyl carbamates (subject to hydrolysis) is 1. The molecule has 3 aromatic rings. The molecule has 236 valence electrons. The summed E-state index contributed by atoms with van der Waals surface area (Å²) in [7, 11) is 0. The molecule has 5 atom stereocenters. The Hall–Kier alpha value is -5.00. The van der Waals surface area contributed by atoms with Gasteiger partial charge in [0.25, 0.3) is 0 Å². The van der Waals surface area contributed by atoms with Crippen molar-refractivity contribution in [3.8, 4) is 29.4 Å².